The quantitative estimate of drug-likeness (QED) is 0.353. The average molecular weight is 421 g/mol. The standard InChI is InChI=1S/C22H16FN3O5/c1-13-11-15(7-8-16(13)23)17(27)12-25-21-18(9-10-19(24-21)26(29)30)31-20(22(25)28)14-5-3-2-4-6-14/h2-11,20H,12H2,1H3. The van der Waals surface area contributed by atoms with E-state index in [1.165, 1.54) is 37.3 Å². The molecule has 0 saturated carbocycles. The van der Waals surface area contributed by atoms with E-state index in [1.807, 2.05) is 0 Å². The third kappa shape index (κ3) is 3.85. The van der Waals surface area contributed by atoms with E-state index >= 15 is 0 Å². The highest BCUT2D eigenvalue weighted by molar-refractivity contribution is 6.08. The highest BCUT2D eigenvalue weighted by Gasteiger charge is 2.40. The first-order valence-electron chi connectivity index (χ1n) is 9.33. The third-order valence-corrected chi connectivity index (χ3v) is 4.89. The van der Waals surface area contributed by atoms with Crippen LogP contribution in [0.4, 0.5) is 16.0 Å². The molecule has 3 aromatic rings. The Kier molecular flexibility index (Phi) is 5.16. The van der Waals surface area contributed by atoms with Gasteiger partial charge >= 0.3 is 5.82 Å². The summed E-state index contributed by atoms with van der Waals surface area (Å²) in [6.07, 6.45) is -1.04. The second-order valence-corrected chi connectivity index (χ2v) is 6.97. The van der Waals surface area contributed by atoms with Crippen LogP contribution in [0, 0.1) is 22.9 Å². The zero-order valence-electron chi connectivity index (χ0n) is 16.3. The molecule has 8 nitrogen and oxygen atoms in total. The Labute approximate surface area is 176 Å². The van der Waals surface area contributed by atoms with Crippen molar-refractivity contribution in [3.8, 4) is 5.75 Å². The third-order valence-electron chi connectivity index (χ3n) is 4.89. The number of carbonyl (C=O) groups is 2. The van der Waals surface area contributed by atoms with Crippen molar-refractivity contribution in [3.05, 3.63) is 93.3 Å². The summed E-state index contributed by atoms with van der Waals surface area (Å²) >= 11 is 0. The fourth-order valence-corrected chi connectivity index (χ4v) is 3.28. The molecule has 0 radical (unpaired) electrons. The number of ether oxygens (including phenoxy) is 1. The molecule has 1 atom stereocenters. The Morgan fingerprint density at radius 1 is 1.19 bits per heavy atom. The molecule has 0 N–H and O–H groups in total. The predicted octanol–water partition coefficient (Wildman–Crippen LogP) is 3.79. The maximum atomic E-state index is 13.6. The molecule has 9 heteroatoms. The van der Waals surface area contributed by atoms with Crippen molar-refractivity contribution in [2.24, 2.45) is 0 Å². The van der Waals surface area contributed by atoms with Gasteiger partial charge in [0.15, 0.2) is 11.5 Å². The first-order chi connectivity index (χ1) is 14.8. The van der Waals surface area contributed by atoms with Crippen LogP contribution in [0.3, 0.4) is 0 Å². The Bertz CT molecular complexity index is 1200. The molecule has 1 unspecified atom stereocenters. The number of fused-ring (bicyclic) bond motifs is 1. The van der Waals surface area contributed by atoms with Gasteiger partial charge in [-0.05, 0) is 46.7 Å². The van der Waals surface area contributed by atoms with E-state index < -0.39 is 40.9 Å². The Morgan fingerprint density at radius 3 is 2.61 bits per heavy atom. The van der Waals surface area contributed by atoms with E-state index in [1.54, 1.807) is 30.3 Å². The molecule has 1 aliphatic rings. The Hall–Kier alpha value is -4.14. The minimum atomic E-state index is -1.04. The smallest absolute Gasteiger partial charge is 0.366 e. The van der Waals surface area contributed by atoms with E-state index in [4.69, 9.17) is 4.74 Å². The van der Waals surface area contributed by atoms with Gasteiger partial charge in [-0.1, -0.05) is 30.3 Å². The lowest BCUT2D eigenvalue weighted by atomic mass is 10.0. The SMILES string of the molecule is Cc1cc(C(=O)CN2C(=O)C(c3ccccc3)Oc3ccc([N+](=O)[O-])nc32)ccc1F. The van der Waals surface area contributed by atoms with Crippen LogP contribution in [0.15, 0.2) is 60.7 Å². The number of aromatic nitrogens is 1. The van der Waals surface area contributed by atoms with Crippen LogP contribution in [0.1, 0.15) is 27.6 Å². The second kappa shape index (κ2) is 7.94. The number of nitrogens with zero attached hydrogens (tertiary/aromatic N) is 3. The Morgan fingerprint density at radius 2 is 1.94 bits per heavy atom. The van der Waals surface area contributed by atoms with Crippen molar-refractivity contribution in [2.45, 2.75) is 13.0 Å². The number of amides is 1. The molecule has 0 aliphatic carbocycles. The number of benzene rings is 2. The molecule has 0 bridgehead atoms. The van der Waals surface area contributed by atoms with Crippen molar-refractivity contribution in [2.75, 3.05) is 11.4 Å². The topological polar surface area (TPSA) is 103 Å². The maximum absolute atomic E-state index is 13.6. The van der Waals surface area contributed by atoms with E-state index in [-0.39, 0.29) is 22.7 Å². The number of carbonyl (C=O) groups excluding carboxylic acids is 2. The van der Waals surface area contributed by atoms with E-state index in [0.717, 1.165) is 4.90 Å². The molecule has 2 aromatic carbocycles. The summed E-state index contributed by atoms with van der Waals surface area (Å²) in [5.74, 6) is -1.96. The molecule has 4 rings (SSSR count). The molecular formula is C22H16FN3O5. The maximum Gasteiger partial charge on any atom is 0.366 e. The van der Waals surface area contributed by atoms with Crippen LogP contribution in [-0.4, -0.2) is 28.1 Å². The number of ketones is 1. The molecule has 0 fully saturated rings. The highest BCUT2D eigenvalue weighted by Crippen LogP contribution is 2.38. The normalized spacial score (nSPS) is 15.2. The lowest BCUT2D eigenvalue weighted by Crippen LogP contribution is -2.44. The van der Waals surface area contributed by atoms with E-state index in [9.17, 15) is 24.1 Å². The van der Waals surface area contributed by atoms with Gasteiger partial charge in [-0.2, -0.15) is 0 Å². The van der Waals surface area contributed by atoms with Crippen LogP contribution in [0.25, 0.3) is 0 Å². The van der Waals surface area contributed by atoms with E-state index in [0.29, 0.717) is 5.56 Å². The molecule has 31 heavy (non-hydrogen) atoms. The second-order valence-electron chi connectivity index (χ2n) is 6.97. The molecule has 1 aliphatic heterocycles. The highest BCUT2D eigenvalue weighted by atomic mass is 19.1. The van der Waals surface area contributed by atoms with Crippen LogP contribution in [-0.2, 0) is 4.79 Å². The lowest BCUT2D eigenvalue weighted by Gasteiger charge is -2.31. The van der Waals surface area contributed by atoms with Crippen molar-refractivity contribution >= 4 is 23.3 Å². The Balaban J connectivity index is 1.75. The van der Waals surface area contributed by atoms with Gasteiger partial charge in [-0.15, -0.1) is 0 Å². The van der Waals surface area contributed by atoms with Gasteiger partial charge in [-0.3, -0.25) is 14.5 Å². The van der Waals surface area contributed by atoms with Crippen LogP contribution in [0.5, 0.6) is 5.75 Å². The average Bonchev–Trinajstić information content (AvgIpc) is 2.77. The predicted molar refractivity (Wildman–Crippen MR) is 109 cm³/mol. The van der Waals surface area contributed by atoms with Gasteiger partial charge in [0.2, 0.25) is 6.10 Å². The minimum absolute atomic E-state index is 0.112. The number of aryl methyl sites for hydroxylation is 1. The van der Waals surface area contributed by atoms with Gasteiger partial charge in [0, 0.05) is 17.2 Å². The number of halogens is 1. The first-order valence-corrected chi connectivity index (χ1v) is 9.33. The van der Waals surface area contributed by atoms with Gasteiger partial charge in [0.05, 0.1) is 6.54 Å². The summed E-state index contributed by atoms with van der Waals surface area (Å²) in [6, 6.07) is 15.1. The molecule has 0 saturated heterocycles. The minimum Gasteiger partial charge on any atom is -0.469 e. The summed E-state index contributed by atoms with van der Waals surface area (Å²) in [7, 11) is 0. The monoisotopic (exact) mass is 421 g/mol. The molecule has 0 spiro atoms. The molecule has 1 amide bonds. The fraction of sp³-hybridized carbons (Fsp3) is 0.136. The zero-order chi connectivity index (χ0) is 22.1. The van der Waals surface area contributed by atoms with Crippen molar-refractivity contribution in [1.29, 1.82) is 0 Å². The summed E-state index contributed by atoms with van der Waals surface area (Å²) in [4.78, 5) is 41.6. The number of hydrogen-bond acceptors (Lipinski definition) is 6. The van der Waals surface area contributed by atoms with Gasteiger partial charge < -0.3 is 14.9 Å². The summed E-state index contributed by atoms with van der Waals surface area (Å²) < 4.78 is 19.4. The first kappa shape index (κ1) is 20.1. The molecule has 156 valence electrons. The van der Waals surface area contributed by atoms with Gasteiger partial charge in [0.25, 0.3) is 11.7 Å². The lowest BCUT2D eigenvalue weighted by molar-refractivity contribution is -0.389. The number of nitro groups is 1. The van der Waals surface area contributed by atoms with Gasteiger partial charge in [-0.25, -0.2) is 4.39 Å². The van der Waals surface area contributed by atoms with Crippen LogP contribution >= 0.6 is 0 Å². The molecule has 2 heterocycles. The number of anilines is 1. The largest absolute Gasteiger partial charge is 0.469 e. The summed E-state index contributed by atoms with van der Waals surface area (Å²) in [5.41, 5.74) is 1.06. The van der Waals surface area contributed by atoms with Crippen molar-refractivity contribution in [3.63, 3.8) is 0 Å². The number of hydrogen-bond donors (Lipinski definition) is 0. The van der Waals surface area contributed by atoms with Crippen molar-refractivity contribution < 1.29 is 23.6 Å². The molecular weight excluding hydrogens is 405 g/mol. The summed E-state index contributed by atoms with van der Waals surface area (Å²) in [6.45, 7) is 1.09. The van der Waals surface area contributed by atoms with Crippen LogP contribution < -0.4 is 9.64 Å². The number of pyridine rings is 1. The zero-order valence-corrected chi connectivity index (χ0v) is 16.3. The summed E-state index contributed by atoms with van der Waals surface area (Å²) in [5, 5.41) is 11.2. The molecule has 1 aromatic heterocycles. The fourth-order valence-electron chi connectivity index (χ4n) is 3.28. The van der Waals surface area contributed by atoms with Crippen LogP contribution in [0.2, 0.25) is 0 Å². The number of Topliss-reactive ketones (excluding diaryl/α,β-unsaturated/α-hetero) is 1. The van der Waals surface area contributed by atoms with E-state index in [2.05, 4.69) is 4.98 Å². The number of rotatable bonds is 5. The van der Waals surface area contributed by atoms with Gasteiger partial charge in [0.1, 0.15) is 5.82 Å². The van der Waals surface area contributed by atoms with Crippen molar-refractivity contribution in [1.82, 2.24) is 4.98 Å².